The van der Waals surface area contributed by atoms with Crippen LogP contribution in [0.1, 0.15) is 5.56 Å². The van der Waals surface area contributed by atoms with Gasteiger partial charge in [-0.3, -0.25) is 0 Å². The fourth-order valence-electron chi connectivity index (χ4n) is 1.72. The molecule has 0 spiro atoms. The molecule has 86 valence electrons. The molecule has 2 aromatic heterocycles. The number of hydrogen-bond acceptors (Lipinski definition) is 4. The summed E-state index contributed by atoms with van der Waals surface area (Å²) in [5, 5.41) is 12.7. The summed E-state index contributed by atoms with van der Waals surface area (Å²) in [6.07, 6.45) is 2.96. The Labute approximate surface area is 101 Å². The van der Waals surface area contributed by atoms with Gasteiger partial charge in [-0.25, -0.2) is 9.37 Å². The van der Waals surface area contributed by atoms with E-state index in [1.165, 1.54) is 23.0 Å². The topological polar surface area (TPSA) is 66.9 Å². The second kappa shape index (κ2) is 3.89. The molecule has 0 unspecified atom stereocenters. The normalized spacial score (nSPS) is 10.4. The lowest BCUT2D eigenvalue weighted by Crippen LogP contribution is -1.96. The second-order valence-corrected chi connectivity index (χ2v) is 3.61. The molecule has 0 amide bonds. The fourth-order valence-corrected chi connectivity index (χ4v) is 1.72. The minimum Gasteiger partial charge on any atom is -0.220 e. The molecule has 0 aliphatic rings. The van der Waals surface area contributed by atoms with Crippen LogP contribution in [0.3, 0.4) is 0 Å². The molecule has 5 nitrogen and oxygen atoms in total. The molecule has 0 saturated heterocycles. The maximum absolute atomic E-state index is 13.6. The molecular formula is C12H6FN5. The zero-order valence-corrected chi connectivity index (χ0v) is 9.08. The van der Waals surface area contributed by atoms with Crippen molar-refractivity contribution in [2.45, 2.75) is 0 Å². The van der Waals surface area contributed by atoms with E-state index >= 15 is 0 Å². The average Bonchev–Trinajstić information content (AvgIpc) is 2.86. The highest BCUT2D eigenvalue weighted by atomic mass is 19.1. The third-order valence-electron chi connectivity index (χ3n) is 2.57. The maximum Gasteiger partial charge on any atom is 0.252 e. The van der Waals surface area contributed by atoms with Gasteiger partial charge >= 0.3 is 0 Å². The lowest BCUT2D eigenvalue weighted by Gasteiger charge is -2.04. The summed E-state index contributed by atoms with van der Waals surface area (Å²) in [7, 11) is 0. The molecule has 0 bridgehead atoms. The Kier molecular flexibility index (Phi) is 2.24. The van der Waals surface area contributed by atoms with Crippen molar-refractivity contribution in [1.82, 2.24) is 19.6 Å². The van der Waals surface area contributed by atoms with E-state index in [-0.39, 0.29) is 5.56 Å². The minimum atomic E-state index is -0.555. The summed E-state index contributed by atoms with van der Waals surface area (Å²) in [6.45, 7) is 0. The van der Waals surface area contributed by atoms with Gasteiger partial charge in [-0.05, 0) is 18.2 Å². The van der Waals surface area contributed by atoms with Gasteiger partial charge in [0.15, 0.2) is 0 Å². The maximum atomic E-state index is 13.6. The van der Waals surface area contributed by atoms with Gasteiger partial charge in [0.25, 0.3) is 5.78 Å². The first-order valence-corrected chi connectivity index (χ1v) is 5.14. The zero-order valence-electron chi connectivity index (χ0n) is 9.08. The van der Waals surface area contributed by atoms with Crippen molar-refractivity contribution in [1.29, 1.82) is 5.26 Å². The lowest BCUT2D eigenvalue weighted by atomic mass is 10.1. The van der Waals surface area contributed by atoms with E-state index in [9.17, 15) is 4.39 Å². The van der Waals surface area contributed by atoms with Crippen LogP contribution < -0.4 is 0 Å². The Morgan fingerprint density at radius 3 is 2.89 bits per heavy atom. The van der Waals surface area contributed by atoms with Crippen molar-refractivity contribution >= 4 is 5.78 Å². The Morgan fingerprint density at radius 2 is 2.11 bits per heavy atom. The average molecular weight is 239 g/mol. The fraction of sp³-hybridized carbons (Fsp3) is 0. The third kappa shape index (κ3) is 1.50. The molecule has 2 heterocycles. The smallest absolute Gasteiger partial charge is 0.220 e. The van der Waals surface area contributed by atoms with E-state index in [2.05, 4.69) is 15.1 Å². The molecule has 0 aliphatic carbocycles. The Hall–Kier alpha value is -2.81. The largest absolute Gasteiger partial charge is 0.252 e. The monoisotopic (exact) mass is 239 g/mol. The molecular weight excluding hydrogens is 233 g/mol. The summed E-state index contributed by atoms with van der Waals surface area (Å²) in [4.78, 5) is 7.98. The van der Waals surface area contributed by atoms with E-state index < -0.39 is 5.82 Å². The van der Waals surface area contributed by atoms with Gasteiger partial charge in [0.05, 0.1) is 11.3 Å². The van der Waals surface area contributed by atoms with Gasteiger partial charge in [0, 0.05) is 11.8 Å². The molecule has 0 aliphatic heterocycles. The number of benzene rings is 1. The Balaban J connectivity index is 2.24. The summed E-state index contributed by atoms with van der Waals surface area (Å²) in [5.41, 5.74) is 1.30. The van der Waals surface area contributed by atoms with Gasteiger partial charge in [-0.2, -0.15) is 19.9 Å². The van der Waals surface area contributed by atoms with Crippen molar-refractivity contribution < 1.29 is 4.39 Å². The molecule has 3 aromatic rings. The number of nitrogens with zero attached hydrogens (tertiary/aromatic N) is 5. The van der Waals surface area contributed by atoms with Gasteiger partial charge in [0.1, 0.15) is 18.2 Å². The van der Waals surface area contributed by atoms with Crippen LogP contribution in [0.5, 0.6) is 0 Å². The predicted octanol–water partition coefficient (Wildman–Crippen LogP) is 1.80. The number of halogens is 1. The van der Waals surface area contributed by atoms with Crippen molar-refractivity contribution in [3.8, 4) is 17.3 Å². The molecule has 0 fully saturated rings. The standard InChI is InChI=1S/C12H6FN5/c13-10-5-8(1-2-9(10)6-14)11-3-4-15-12-16-7-17-18(11)12/h1-5,7H. The number of fused-ring (bicyclic) bond motifs is 1. The van der Waals surface area contributed by atoms with E-state index in [0.29, 0.717) is 17.0 Å². The SMILES string of the molecule is N#Cc1ccc(-c2ccnc3ncnn23)cc1F. The van der Waals surface area contributed by atoms with Gasteiger partial charge < -0.3 is 0 Å². The molecule has 0 N–H and O–H groups in total. The predicted molar refractivity (Wildman–Crippen MR) is 60.9 cm³/mol. The van der Waals surface area contributed by atoms with E-state index in [0.717, 1.165) is 0 Å². The summed E-state index contributed by atoms with van der Waals surface area (Å²) < 4.78 is 15.1. The lowest BCUT2D eigenvalue weighted by molar-refractivity contribution is 0.624. The van der Waals surface area contributed by atoms with Crippen molar-refractivity contribution in [2.24, 2.45) is 0 Å². The Morgan fingerprint density at radius 1 is 1.22 bits per heavy atom. The molecule has 0 radical (unpaired) electrons. The first-order valence-electron chi connectivity index (χ1n) is 5.14. The molecule has 3 rings (SSSR count). The van der Waals surface area contributed by atoms with E-state index in [4.69, 9.17) is 5.26 Å². The van der Waals surface area contributed by atoms with Crippen LogP contribution >= 0.6 is 0 Å². The zero-order chi connectivity index (χ0) is 12.5. The molecule has 1 aromatic carbocycles. The number of nitriles is 1. The highest BCUT2D eigenvalue weighted by molar-refractivity contribution is 5.62. The van der Waals surface area contributed by atoms with E-state index in [1.54, 1.807) is 24.4 Å². The molecule has 0 saturated carbocycles. The number of rotatable bonds is 1. The first kappa shape index (κ1) is 10.4. The highest BCUT2D eigenvalue weighted by Gasteiger charge is 2.08. The van der Waals surface area contributed by atoms with Crippen LogP contribution in [0.25, 0.3) is 17.0 Å². The van der Waals surface area contributed by atoms with Crippen LogP contribution in [0, 0.1) is 17.1 Å². The van der Waals surface area contributed by atoms with Crippen LogP contribution in [0.4, 0.5) is 4.39 Å². The quantitative estimate of drug-likeness (QED) is 0.649. The molecule has 18 heavy (non-hydrogen) atoms. The van der Waals surface area contributed by atoms with Crippen molar-refractivity contribution in [3.05, 3.63) is 48.2 Å². The third-order valence-corrected chi connectivity index (χ3v) is 2.57. The molecule has 0 atom stereocenters. The first-order chi connectivity index (χ1) is 8.79. The van der Waals surface area contributed by atoms with Gasteiger partial charge in [-0.15, -0.1) is 0 Å². The molecule has 6 heteroatoms. The van der Waals surface area contributed by atoms with Gasteiger partial charge in [-0.1, -0.05) is 6.07 Å². The van der Waals surface area contributed by atoms with Crippen LogP contribution in [0.15, 0.2) is 36.8 Å². The van der Waals surface area contributed by atoms with E-state index in [1.807, 2.05) is 0 Å². The van der Waals surface area contributed by atoms with Crippen LogP contribution in [-0.4, -0.2) is 19.6 Å². The van der Waals surface area contributed by atoms with Crippen LogP contribution in [0.2, 0.25) is 0 Å². The summed E-state index contributed by atoms with van der Waals surface area (Å²) in [5.74, 6) is -0.114. The highest BCUT2D eigenvalue weighted by Crippen LogP contribution is 2.21. The minimum absolute atomic E-state index is 0.0163. The number of aromatic nitrogens is 4. The number of hydrogen-bond donors (Lipinski definition) is 0. The summed E-state index contributed by atoms with van der Waals surface area (Å²) >= 11 is 0. The second-order valence-electron chi connectivity index (χ2n) is 3.61. The van der Waals surface area contributed by atoms with Crippen molar-refractivity contribution in [3.63, 3.8) is 0 Å². The Bertz CT molecular complexity index is 771. The van der Waals surface area contributed by atoms with Crippen molar-refractivity contribution in [2.75, 3.05) is 0 Å². The van der Waals surface area contributed by atoms with Gasteiger partial charge in [0.2, 0.25) is 0 Å². The van der Waals surface area contributed by atoms with Crippen LogP contribution in [-0.2, 0) is 0 Å². The summed E-state index contributed by atoms with van der Waals surface area (Å²) in [6, 6.07) is 7.90.